The van der Waals surface area contributed by atoms with Crippen molar-refractivity contribution in [3.63, 3.8) is 0 Å². The highest BCUT2D eigenvalue weighted by Gasteiger charge is 1.95. The Bertz CT molecular complexity index is 365. The molecule has 0 aromatic rings. The predicted molar refractivity (Wildman–Crippen MR) is 118 cm³/mol. The van der Waals surface area contributed by atoms with Crippen molar-refractivity contribution in [2.45, 2.75) is 129 Å². The summed E-state index contributed by atoms with van der Waals surface area (Å²) in [5.74, 6) is 0. The van der Waals surface area contributed by atoms with Crippen molar-refractivity contribution in [2.75, 3.05) is 13.2 Å². The molecule has 0 rings (SSSR count). The molecule has 0 aliphatic heterocycles. The van der Waals surface area contributed by atoms with Crippen molar-refractivity contribution < 1.29 is 22.9 Å². The maximum atomic E-state index is 10.1. The third-order valence-corrected chi connectivity index (χ3v) is 5.28. The van der Waals surface area contributed by atoms with Gasteiger partial charge in [-0.3, -0.25) is 4.18 Å². The van der Waals surface area contributed by atoms with E-state index in [2.05, 4.69) is 23.8 Å². The van der Waals surface area contributed by atoms with Crippen LogP contribution in [0.1, 0.15) is 129 Å². The SMILES string of the molecule is CCCCCCCCCCCC[NH3+].CCCCCCCCCCOS(=O)(=O)[O-]. The zero-order valence-electron chi connectivity index (χ0n) is 18.9. The van der Waals surface area contributed by atoms with Gasteiger partial charge in [-0.15, -0.1) is 0 Å². The van der Waals surface area contributed by atoms with Crippen LogP contribution in [0.5, 0.6) is 0 Å². The van der Waals surface area contributed by atoms with Gasteiger partial charge in [0.25, 0.3) is 0 Å². The van der Waals surface area contributed by atoms with Crippen molar-refractivity contribution in [1.29, 1.82) is 0 Å². The first-order chi connectivity index (χ1) is 13.5. The van der Waals surface area contributed by atoms with Gasteiger partial charge in [0, 0.05) is 0 Å². The molecule has 0 aromatic heterocycles. The highest BCUT2D eigenvalue weighted by atomic mass is 32.3. The van der Waals surface area contributed by atoms with E-state index in [0.717, 1.165) is 19.4 Å². The van der Waals surface area contributed by atoms with Crippen LogP contribution in [0.15, 0.2) is 0 Å². The van der Waals surface area contributed by atoms with Crippen LogP contribution in [-0.2, 0) is 14.6 Å². The molecule has 172 valence electrons. The van der Waals surface area contributed by atoms with Crippen molar-refractivity contribution >= 4 is 10.4 Å². The number of hydrogen-bond acceptors (Lipinski definition) is 4. The molecule has 6 heteroatoms. The zero-order valence-corrected chi connectivity index (χ0v) is 19.7. The summed E-state index contributed by atoms with van der Waals surface area (Å²) in [6.07, 6.45) is 23.2. The molecule has 0 unspecified atom stereocenters. The molecule has 0 radical (unpaired) electrons. The number of hydrogen-bond donors (Lipinski definition) is 1. The fourth-order valence-corrected chi connectivity index (χ4v) is 3.38. The summed E-state index contributed by atoms with van der Waals surface area (Å²) in [6, 6.07) is 0. The van der Waals surface area contributed by atoms with Crippen molar-refractivity contribution in [3.8, 4) is 0 Å². The van der Waals surface area contributed by atoms with E-state index in [9.17, 15) is 13.0 Å². The van der Waals surface area contributed by atoms with E-state index < -0.39 is 10.4 Å². The van der Waals surface area contributed by atoms with E-state index >= 15 is 0 Å². The average Bonchev–Trinajstić information content (AvgIpc) is 2.65. The average molecular weight is 424 g/mol. The first-order valence-corrected chi connectivity index (χ1v) is 13.2. The Morgan fingerprint density at radius 1 is 0.607 bits per heavy atom. The Hall–Kier alpha value is -0.170. The van der Waals surface area contributed by atoms with Crippen LogP contribution in [-0.4, -0.2) is 26.1 Å². The summed E-state index contributed by atoms with van der Waals surface area (Å²) in [5.41, 5.74) is 3.85. The molecule has 0 bridgehead atoms. The number of rotatable bonds is 20. The lowest BCUT2D eigenvalue weighted by Gasteiger charge is -2.06. The summed E-state index contributed by atoms with van der Waals surface area (Å²) in [4.78, 5) is 0. The highest BCUT2D eigenvalue weighted by molar-refractivity contribution is 7.80. The van der Waals surface area contributed by atoms with Crippen molar-refractivity contribution in [3.05, 3.63) is 0 Å². The predicted octanol–water partition coefficient (Wildman–Crippen LogP) is 5.75. The molecule has 28 heavy (non-hydrogen) atoms. The topological polar surface area (TPSA) is 94.1 Å². The van der Waals surface area contributed by atoms with Gasteiger partial charge in [0.2, 0.25) is 10.4 Å². The van der Waals surface area contributed by atoms with Crippen LogP contribution in [0.4, 0.5) is 0 Å². The fourth-order valence-electron chi connectivity index (χ4n) is 3.06. The molecule has 0 aliphatic carbocycles. The second-order valence-corrected chi connectivity index (χ2v) is 8.79. The van der Waals surface area contributed by atoms with Gasteiger partial charge in [0.1, 0.15) is 0 Å². The van der Waals surface area contributed by atoms with Gasteiger partial charge >= 0.3 is 0 Å². The molecule has 0 aliphatic rings. The Labute approximate surface area is 176 Å². The number of quaternary nitrogens is 1. The first kappa shape index (κ1) is 30.0. The molecule has 0 saturated heterocycles. The molecule has 0 amide bonds. The highest BCUT2D eigenvalue weighted by Crippen LogP contribution is 2.10. The molecule has 0 heterocycles. The molecular formula is C22H49NO4S. The Morgan fingerprint density at radius 3 is 1.25 bits per heavy atom. The summed E-state index contributed by atoms with van der Waals surface area (Å²) in [6.45, 7) is 5.61. The van der Waals surface area contributed by atoms with Gasteiger partial charge < -0.3 is 10.3 Å². The smallest absolute Gasteiger partial charge is 0.217 e. The minimum absolute atomic E-state index is 0.0286. The Balaban J connectivity index is 0. The van der Waals surface area contributed by atoms with E-state index in [-0.39, 0.29) is 6.61 Å². The van der Waals surface area contributed by atoms with Gasteiger partial charge in [-0.2, -0.15) is 0 Å². The van der Waals surface area contributed by atoms with Crippen molar-refractivity contribution in [1.82, 2.24) is 0 Å². The molecular weight excluding hydrogens is 374 g/mol. The lowest BCUT2D eigenvalue weighted by Crippen LogP contribution is -2.50. The second-order valence-electron chi connectivity index (χ2n) is 7.74. The summed E-state index contributed by atoms with van der Waals surface area (Å²) >= 11 is 0. The molecule has 0 aromatic carbocycles. The van der Waals surface area contributed by atoms with Crippen LogP contribution in [0.25, 0.3) is 0 Å². The normalized spacial score (nSPS) is 11.3. The van der Waals surface area contributed by atoms with Crippen LogP contribution in [0.2, 0.25) is 0 Å². The molecule has 5 nitrogen and oxygen atoms in total. The molecule has 0 fully saturated rings. The monoisotopic (exact) mass is 423 g/mol. The van der Waals surface area contributed by atoms with Crippen LogP contribution in [0.3, 0.4) is 0 Å². The fraction of sp³-hybridized carbons (Fsp3) is 1.00. The first-order valence-electron chi connectivity index (χ1n) is 11.9. The van der Waals surface area contributed by atoms with Crippen molar-refractivity contribution in [2.24, 2.45) is 0 Å². The lowest BCUT2D eigenvalue weighted by molar-refractivity contribution is -0.368. The van der Waals surface area contributed by atoms with E-state index in [1.165, 1.54) is 96.3 Å². The van der Waals surface area contributed by atoms with E-state index in [1.807, 2.05) is 0 Å². The summed E-state index contributed by atoms with van der Waals surface area (Å²) in [7, 11) is -4.48. The molecule has 0 saturated carbocycles. The minimum atomic E-state index is -4.48. The lowest BCUT2D eigenvalue weighted by atomic mass is 10.1. The summed E-state index contributed by atoms with van der Waals surface area (Å²) < 4.78 is 34.3. The van der Waals surface area contributed by atoms with Gasteiger partial charge in [0.15, 0.2) is 0 Å². The summed E-state index contributed by atoms with van der Waals surface area (Å²) in [5, 5.41) is 0. The van der Waals surface area contributed by atoms with Gasteiger partial charge in [-0.25, -0.2) is 8.42 Å². The van der Waals surface area contributed by atoms with Crippen LogP contribution < -0.4 is 5.73 Å². The maximum Gasteiger partial charge on any atom is 0.217 e. The van der Waals surface area contributed by atoms with E-state index in [4.69, 9.17) is 0 Å². The minimum Gasteiger partial charge on any atom is -0.726 e. The molecule has 0 spiro atoms. The zero-order chi connectivity index (χ0) is 21.3. The van der Waals surface area contributed by atoms with E-state index in [1.54, 1.807) is 0 Å². The second kappa shape index (κ2) is 24.9. The standard InChI is InChI=1S/C12H27N.C10H22O4S/c1-2-3-4-5-6-7-8-9-10-11-12-13;1-2-3-4-5-6-7-8-9-10-14-15(11,12)13/h2-13H2,1H3;2-10H2,1H3,(H,11,12,13). The molecule has 3 N–H and O–H groups in total. The maximum absolute atomic E-state index is 10.1. The largest absolute Gasteiger partial charge is 0.726 e. The molecule has 0 atom stereocenters. The van der Waals surface area contributed by atoms with Crippen LogP contribution in [0, 0.1) is 0 Å². The number of unbranched alkanes of at least 4 members (excludes halogenated alkanes) is 16. The van der Waals surface area contributed by atoms with Gasteiger partial charge in [-0.1, -0.05) is 110 Å². The Morgan fingerprint density at radius 2 is 0.929 bits per heavy atom. The van der Waals surface area contributed by atoms with Gasteiger partial charge in [0.05, 0.1) is 13.2 Å². The third-order valence-electron chi connectivity index (χ3n) is 4.83. The van der Waals surface area contributed by atoms with Crippen LogP contribution >= 0.6 is 0 Å². The Kier molecular flexibility index (Phi) is 26.7. The van der Waals surface area contributed by atoms with E-state index in [0.29, 0.717) is 6.42 Å². The third kappa shape index (κ3) is 33.4. The van der Waals surface area contributed by atoms with Gasteiger partial charge in [-0.05, 0) is 19.3 Å². The quantitative estimate of drug-likeness (QED) is 0.153.